The highest BCUT2D eigenvalue weighted by molar-refractivity contribution is 6.03. The molecule has 1 aliphatic carbocycles. The van der Waals surface area contributed by atoms with Crippen molar-refractivity contribution in [1.82, 2.24) is 0 Å². The number of Topliss-reactive ketones (excluding diaryl/α,β-unsaturated/α-hetero) is 1. The van der Waals surface area contributed by atoms with Gasteiger partial charge in [-0.25, -0.2) is 0 Å². The van der Waals surface area contributed by atoms with Gasteiger partial charge in [0.15, 0.2) is 5.78 Å². The van der Waals surface area contributed by atoms with E-state index in [0.717, 1.165) is 0 Å². The number of hydrogen-bond acceptors (Lipinski definition) is 2. The number of rotatable bonds is 6. The Morgan fingerprint density at radius 1 is 0.958 bits per heavy atom. The molecule has 1 aliphatic rings. The van der Waals surface area contributed by atoms with Crippen LogP contribution in [-0.2, 0) is 9.53 Å². The zero-order chi connectivity index (χ0) is 18.2. The first-order chi connectivity index (χ1) is 11.1. The van der Waals surface area contributed by atoms with E-state index in [1.807, 2.05) is 0 Å². The summed E-state index contributed by atoms with van der Waals surface area (Å²) in [7, 11) is 0. The van der Waals surface area contributed by atoms with Crippen molar-refractivity contribution in [2.24, 2.45) is 0 Å². The average Bonchev–Trinajstić information content (AvgIpc) is 2.52. The van der Waals surface area contributed by atoms with E-state index < -0.39 is 0 Å². The van der Waals surface area contributed by atoms with Gasteiger partial charge in [-0.2, -0.15) is 0 Å². The summed E-state index contributed by atoms with van der Waals surface area (Å²) in [6, 6.07) is 4.69. The number of ketones is 1. The molecular formula is C22H32O2. The second-order valence-corrected chi connectivity index (χ2v) is 8.00. The zero-order valence-corrected chi connectivity index (χ0v) is 16.3. The Labute approximate surface area is 147 Å². The summed E-state index contributed by atoms with van der Waals surface area (Å²) in [6.07, 6.45) is 0.328. The minimum atomic E-state index is -0.114. The van der Waals surface area contributed by atoms with Crippen LogP contribution < -0.4 is 0 Å². The van der Waals surface area contributed by atoms with Gasteiger partial charge in [-0.1, -0.05) is 60.3 Å². The quantitative estimate of drug-likeness (QED) is 0.596. The number of benzene rings is 1. The predicted molar refractivity (Wildman–Crippen MR) is 101 cm³/mol. The molecule has 0 amide bonds. The molecule has 1 fully saturated rings. The Bertz CT molecular complexity index is 608. The van der Waals surface area contributed by atoms with Crippen molar-refractivity contribution >= 4 is 5.78 Å². The third-order valence-electron chi connectivity index (χ3n) is 5.07. The maximum absolute atomic E-state index is 11.4. The second-order valence-electron chi connectivity index (χ2n) is 8.00. The van der Waals surface area contributed by atoms with E-state index in [1.165, 1.54) is 22.3 Å². The predicted octanol–water partition coefficient (Wildman–Crippen LogP) is 6.03. The van der Waals surface area contributed by atoms with Crippen molar-refractivity contribution < 1.29 is 9.53 Å². The highest BCUT2D eigenvalue weighted by Gasteiger charge is 2.35. The molecule has 2 rings (SSSR count). The lowest BCUT2D eigenvalue weighted by molar-refractivity contribution is -0.127. The first kappa shape index (κ1) is 18.9. The average molecular weight is 328 g/mol. The summed E-state index contributed by atoms with van der Waals surface area (Å²) >= 11 is 0. The smallest absolute Gasteiger partial charge is 0.163 e. The van der Waals surface area contributed by atoms with Gasteiger partial charge in [0.2, 0.25) is 0 Å². The van der Waals surface area contributed by atoms with Crippen molar-refractivity contribution in [2.45, 2.75) is 84.8 Å². The first-order valence-corrected chi connectivity index (χ1v) is 9.18. The minimum Gasteiger partial charge on any atom is -0.365 e. The van der Waals surface area contributed by atoms with E-state index >= 15 is 0 Å². The Balaban J connectivity index is 2.45. The van der Waals surface area contributed by atoms with Crippen molar-refractivity contribution in [3.63, 3.8) is 0 Å². The molecule has 0 aliphatic heterocycles. The molecule has 0 bridgehead atoms. The van der Waals surface area contributed by atoms with Gasteiger partial charge < -0.3 is 4.74 Å². The molecule has 0 aromatic heterocycles. The van der Waals surface area contributed by atoms with Crippen LogP contribution in [0.4, 0.5) is 0 Å². The van der Waals surface area contributed by atoms with Crippen molar-refractivity contribution in [1.29, 1.82) is 0 Å². The van der Waals surface area contributed by atoms with Gasteiger partial charge >= 0.3 is 0 Å². The molecule has 24 heavy (non-hydrogen) atoms. The largest absolute Gasteiger partial charge is 0.365 e. The van der Waals surface area contributed by atoms with Gasteiger partial charge in [0.1, 0.15) is 0 Å². The van der Waals surface area contributed by atoms with E-state index in [9.17, 15) is 4.79 Å². The van der Waals surface area contributed by atoms with E-state index in [1.54, 1.807) is 0 Å². The number of hydrogen-bond donors (Lipinski definition) is 0. The van der Waals surface area contributed by atoms with Crippen LogP contribution in [0.25, 0.3) is 0 Å². The molecule has 0 radical (unpaired) electrons. The molecule has 0 unspecified atom stereocenters. The third kappa shape index (κ3) is 3.64. The van der Waals surface area contributed by atoms with Crippen LogP contribution in [0.5, 0.6) is 0 Å². The molecule has 2 atom stereocenters. The summed E-state index contributed by atoms with van der Waals surface area (Å²) in [5.74, 6) is 1.52. The van der Waals surface area contributed by atoms with Crippen molar-refractivity contribution in [3.8, 4) is 0 Å². The van der Waals surface area contributed by atoms with Crippen LogP contribution in [0.2, 0.25) is 0 Å². The van der Waals surface area contributed by atoms with Crippen LogP contribution >= 0.6 is 0 Å². The Hall–Kier alpha value is -1.41. The molecule has 2 nitrogen and oxygen atoms in total. The maximum atomic E-state index is 11.4. The van der Waals surface area contributed by atoms with E-state index in [2.05, 4.69) is 67.2 Å². The minimum absolute atomic E-state index is 0.0316. The van der Waals surface area contributed by atoms with Crippen LogP contribution in [0.15, 0.2) is 24.3 Å². The van der Waals surface area contributed by atoms with E-state index in [-0.39, 0.29) is 18.0 Å². The van der Waals surface area contributed by atoms with Gasteiger partial charge in [-0.3, -0.25) is 4.79 Å². The van der Waals surface area contributed by atoms with Gasteiger partial charge in [-0.15, -0.1) is 0 Å². The molecule has 0 spiro atoms. The zero-order valence-electron chi connectivity index (χ0n) is 16.3. The van der Waals surface area contributed by atoms with Crippen molar-refractivity contribution in [2.75, 3.05) is 0 Å². The SMILES string of the molecule is C=C1C(=O)C[C@@H]1O[C@H](C)c1c(C(C)C)cc(C(C)C)cc1C(C)C. The monoisotopic (exact) mass is 328 g/mol. The highest BCUT2D eigenvalue weighted by atomic mass is 16.5. The summed E-state index contributed by atoms with van der Waals surface area (Å²) in [6.45, 7) is 19.4. The fraction of sp³-hybridized carbons (Fsp3) is 0.591. The van der Waals surface area contributed by atoms with Crippen LogP contribution in [0, 0.1) is 0 Å². The topological polar surface area (TPSA) is 26.3 Å². The number of carbonyl (C=O) groups is 1. The maximum Gasteiger partial charge on any atom is 0.163 e. The Morgan fingerprint density at radius 2 is 1.46 bits per heavy atom. The molecule has 0 heterocycles. The highest BCUT2D eigenvalue weighted by Crippen LogP contribution is 2.39. The lowest BCUT2D eigenvalue weighted by atomic mass is 9.82. The molecule has 0 saturated heterocycles. The second kappa shape index (κ2) is 7.23. The van der Waals surface area contributed by atoms with E-state index in [0.29, 0.717) is 29.7 Å². The van der Waals surface area contributed by atoms with Crippen molar-refractivity contribution in [3.05, 3.63) is 46.5 Å². The molecule has 0 N–H and O–H groups in total. The third-order valence-corrected chi connectivity index (χ3v) is 5.07. The lowest BCUT2D eigenvalue weighted by Gasteiger charge is -2.33. The fourth-order valence-corrected chi connectivity index (χ4v) is 3.40. The Morgan fingerprint density at radius 3 is 1.79 bits per heavy atom. The van der Waals surface area contributed by atoms with Crippen LogP contribution in [-0.4, -0.2) is 11.9 Å². The standard InChI is InChI=1S/C22H32O2/c1-12(2)17-9-18(13(3)4)22(19(10-17)14(5)6)16(8)24-21-11-20(23)15(21)7/h9-10,12-14,16,21H,7,11H2,1-6,8H3/t16-,21+/m1/s1. The molecule has 1 saturated carbocycles. The summed E-state index contributed by atoms with van der Waals surface area (Å²) in [4.78, 5) is 11.4. The lowest BCUT2D eigenvalue weighted by Crippen LogP contribution is -2.35. The van der Waals surface area contributed by atoms with Crippen LogP contribution in [0.1, 0.15) is 101 Å². The van der Waals surface area contributed by atoms with Gasteiger partial charge in [-0.05, 0) is 46.9 Å². The number of ether oxygens (including phenoxy) is 1. The fourth-order valence-electron chi connectivity index (χ4n) is 3.40. The summed E-state index contributed by atoms with van der Waals surface area (Å²) in [5, 5.41) is 0. The summed E-state index contributed by atoms with van der Waals surface area (Å²) < 4.78 is 6.22. The molecular weight excluding hydrogens is 296 g/mol. The summed E-state index contributed by atoms with van der Waals surface area (Å²) in [5.41, 5.74) is 6.05. The molecule has 1 aromatic rings. The number of carbonyl (C=O) groups excluding carboxylic acids is 1. The van der Waals surface area contributed by atoms with Gasteiger partial charge in [0.25, 0.3) is 0 Å². The first-order valence-electron chi connectivity index (χ1n) is 9.18. The molecule has 1 aromatic carbocycles. The molecule has 132 valence electrons. The van der Waals surface area contributed by atoms with Gasteiger partial charge in [0, 0.05) is 12.0 Å². The van der Waals surface area contributed by atoms with Gasteiger partial charge in [0.05, 0.1) is 12.2 Å². The molecule has 2 heteroatoms. The van der Waals surface area contributed by atoms with E-state index in [4.69, 9.17) is 4.74 Å². The Kier molecular flexibility index (Phi) is 5.70. The normalized spacial score (nSPS) is 19.3. The van der Waals surface area contributed by atoms with Crippen LogP contribution in [0.3, 0.4) is 0 Å².